The molecule has 0 unspecified atom stereocenters. The molecule has 0 aliphatic carbocycles. The minimum Gasteiger partial charge on any atom is -0.481 e. The highest BCUT2D eigenvalue weighted by Gasteiger charge is 2.42. The molecule has 13 atom stereocenters. The van der Waals surface area contributed by atoms with E-state index in [4.69, 9.17) is 27.7 Å². The Morgan fingerprint density at radius 3 is 1.66 bits per heavy atom. The number of fused-ring (bicyclic) bond motifs is 1. The van der Waals surface area contributed by atoms with Crippen molar-refractivity contribution < 1.29 is 102 Å². The number of aromatic amines is 1. The number of aliphatic hydroxyl groups excluding tert-OH is 3. The molecule has 111 heavy (non-hydrogen) atoms. The van der Waals surface area contributed by atoms with Crippen molar-refractivity contribution in [2.45, 2.75) is 210 Å². The fourth-order valence-corrected chi connectivity index (χ4v) is 12.3. The van der Waals surface area contributed by atoms with Crippen molar-refractivity contribution in [2.75, 3.05) is 46.9 Å². The van der Waals surface area contributed by atoms with E-state index in [0.29, 0.717) is 34.9 Å². The van der Waals surface area contributed by atoms with E-state index >= 15 is 4.79 Å². The number of aliphatic carboxylic acids is 1. The van der Waals surface area contributed by atoms with Gasteiger partial charge in [-0.25, -0.2) is 4.79 Å². The van der Waals surface area contributed by atoms with Crippen molar-refractivity contribution in [2.24, 2.45) is 40.7 Å². The van der Waals surface area contributed by atoms with Gasteiger partial charge in [-0.3, -0.25) is 71.9 Å². The zero-order valence-electron chi connectivity index (χ0n) is 63.9. The number of rotatable bonds is 26. The minimum atomic E-state index is -2.59. The molecule has 0 spiro atoms. The third-order valence-electron chi connectivity index (χ3n) is 18.4. The van der Waals surface area contributed by atoms with Gasteiger partial charge in [-0.1, -0.05) is 96.5 Å². The molecule has 0 radical (unpaired) electrons. The number of nitrogens with two attached hydrogens (primary N) is 4. The molecule has 0 saturated carbocycles. The van der Waals surface area contributed by atoms with Crippen LogP contribution >= 0.6 is 0 Å². The Balaban J connectivity index is 1.92. The summed E-state index contributed by atoms with van der Waals surface area (Å²) in [6, 6.07) is -4.44. The first kappa shape index (κ1) is 92.7. The number of amides is 14. The van der Waals surface area contributed by atoms with Gasteiger partial charge in [0.15, 0.2) is 6.10 Å². The van der Waals surface area contributed by atoms with Crippen LogP contribution in [0.15, 0.2) is 60.8 Å². The summed E-state index contributed by atoms with van der Waals surface area (Å²) in [6.45, 7) is 6.91. The van der Waals surface area contributed by atoms with Crippen molar-refractivity contribution in [1.82, 2.24) is 68.0 Å². The van der Waals surface area contributed by atoms with Crippen LogP contribution in [-0.4, -0.2) is 255 Å². The Kier molecular flexibility index (Phi) is 38.5. The zero-order valence-corrected chi connectivity index (χ0v) is 63.9. The standard InChI is InChI=1S/C73H111N17O21/c1-38(2)17-14-20-43-32-56(94)80-53(37-92)69(106)88-59(61(98)62(77)99)71(108)87-52(36-91)63(100)79-35-57(95)89(7)54(30-41-18-10-9-11-19-41)70(107)86-49(29-39(3)4)66(103)81-46(23-15-27-74)64(101)82-47(25-26-58(96)97)65(102)85-51(33-55(76)93)68(105)84-50(31-42-34-78-45-22-13-12-21-44(42)45)67(104)83-48(24-16-28-75)72(109)90(8)60(40(5)6)73(110)111-43/h9-13,18-19,21-22,34,38-40,43,46-54,59-61,78,91-92,98H,14-17,20,23-33,35-37,74-75H2,1-8H3,(H2,76,93)(H2,77,99)(H,79,100)(H,80,94)(H,81,103)(H,82,101)(H,83,104)(H,84,105)(H,85,102)(H,86,107)(H,87,108)(H,88,106)(H,96,97)/t43-,46+,47-,48-,49-,50-,51-,52+,53+,54+,59-,60+,61-/m0/s1. The number of aromatic nitrogens is 1. The third-order valence-corrected chi connectivity index (χ3v) is 18.4. The van der Waals surface area contributed by atoms with E-state index in [1.54, 1.807) is 88.5 Å². The fraction of sp³-hybridized carbons (Fsp3) is 0.589. The molecule has 1 aromatic heterocycles. The average Bonchev–Trinajstić information content (AvgIpc) is 1.77. The van der Waals surface area contributed by atoms with Gasteiger partial charge < -0.3 is 116 Å². The molecule has 1 aliphatic heterocycles. The summed E-state index contributed by atoms with van der Waals surface area (Å²) in [6.07, 6.45) is -5.48. The number of carboxylic acid groups (broad SMARTS) is 1. The predicted molar refractivity (Wildman–Crippen MR) is 400 cm³/mol. The number of para-hydroxylation sites is 1. The summed E-state index contributed by atoms with van der Waals surface area (Å²) in [5.41, 5.74) is 24.4. The first-order chi connectivity index (χ1) is 52.4. The maximum Gasteiger partial charge on any atom is 0.329 e. The molecule has 614 valence electrons. The maximum atomic E-state index is 15.1. The largest absolute Gasteiger partial charge is 0.481 e. The first-order valence-electron chi connectivity index (χ1n) is 36.9. The third kappa shape index (κ3) is 29.9. The number of nitrogens with one attached hydrogen (secondary N) is 11. The summed E-state index contributed by atoms with van der Waals surface area (Å²) in [7, 11) is 2.44. The normalized spacial score (nSPS) is 24.2. The lowest BCUT2D eigenvalue weighted by Crippen LogP contribution is -2.63. The number of carbonyl (C=O) groups excluding carboxylic acids is 15. The van der Waals surface area contributed by atoms with E-state index in [1.165, 1.54) is 14.1 Å². The van der Waals surface area contributed by atoms with Gasteiger partial charge in [0.2, 0.25) is 82.7 Å². The second-order valence-electron chi connectivity index (χ2n) is 28.6. The Hall–Kier alpha value is -10.7. The van der Waals surface area contributed by atoms with Gasteiger partial charge >= 0.3 is 11.9 Å². The highest BCUT2D eigenvalue weighted by Crippen LogP contribution is 2.23. The molecule has 3 aromatic rings. The van der Waals surface area contributed by atoms with Crippen LogP contribution in [0.3, 0.4) is 0 Å². The van der Waals surface area contributed by atoms with Crippen molar-refractivity contribution >= 4 is 106 Å². The summed E-state index contributed by atoms with van der Waals surface area (Å²) >= 11 is 0. The van der Waals surface area contributed by atoms with Crippen LogP contribution in [0, 0.1) is 17.8 Å². The van der Waals surface area contributed by atoms with Crippen LogP contribution in [0.4, 0.5) is 0 Å². The van der Waals surface area contributed by atoms with Crippen molar-refractivity contribution in [1.29, 1.82) is 0 Å². The van der Waals surface area contributed by atoms with Gasteiger partial charge in [0.05, 0.1) is 32.6 Å². The molecule has 1 fully saturated rings. The smallest absolute Gasteiger partial charge is 0.329 e. The van der Waals surface area contributed by atoms with Gasteiger partial charge in [-0.15, -0.1) is 0 Å². The Labute approximate surface area is 642 Å². The zero-order chi connectivity index (χ0) is 82.9. The topological polar surface area (TPSA) is 610 Å². The molecule has 14 amide bonds. The van der Waals surface area contributed by atoms with Crippen LogP contribution in [-0.2, 0) is 94.3 Å². The fourth-order valence-electron chi connectivity index (χ4n) is 12.3. The summed E-state index contributed by atoms with van der Waals surface area (Å²) < 4.78 is 6.01. The van der Waals surface area contributed by atoms with Gasteiger partial charge in [-0.05, 0) is 99.4 Å². The van der Waals surface area contributed by atoms with E-state index < -0.39 is 225 Å². The van der Waals surface area contributed by atoms with Crippen LogP contribution in [0.25, 0.3) is 10.9 Å². The number of nitrogens with zero attached hydrogens (tertiary/aromatic N) is 2. The molecule has 1 aliphatic rings. The Morgan fingerprint density at radius 2 is 1.08 bits per heavy atom. The maximum absolute atomic E-state index is 15.1. The summed E-state index contributed by atoms with van der Waals surface area (Å²) in [4.78, 5) is 230. The number of carbonyl (C=O) groups is 16. The molecule has 2 heterocycles. The number of cyclic esters (lactones) is 1. The highest BCUT2D eigenvalue weighted by molar-refractivity contribution is 6.01. The number of hydrogen-bond acceptors (Lipinski definition) is 22. The number of primary amides is 2. The second-order valence-corrected chi connectivity index (χ2v) is 28.6. The number of H-pyrrole nitrogens is 1. The molecular formula is C73H111N17O21. The summed E-state index contributed by atoms with van der Waals surface area (Å²) in [5, 5.41) is 66.0. The first-order valence-corrected chi connectivity index (χ1v) is 36.9. The lowest BCUT2D eigenvalue weighted by Gasteiger charge is -2.34. The highest BCUT2D eigenvalue weighted by atomic mass is 16.5. The van der Waals surface area contributed by atoms with Gasteiger partial charge in [0.25, 0.3) is 0 Å². The number of carboxylic acids is 1. The van der Waals surface area contributed by atoms with Crippen LogP contribution in [0.5, 0.6) is 0 Å². The van der Waals surface area contributed by atoms with Crippen LogP contribution in [0.2, 0.25) is 0 Å². The Bertz CT molecular complexity index is 3710. The van der Waals surface area contributed by atoms with Gasteiger partial charge in [0, 0.05) is 50.5 Å². The van der Waals surface area contributed by atoms with Crippen molar-refractivity contribution in [3.8, 4) is 0 Å². The number of esters is 1. The average molecular weight is 1560 g/mol. The number of likely N-dealkylation sites (N-methyl/N-ethyl adjacent to an activating group) is 2. The van der Waals surface area contributed by atoms with Crippen LogP contribution < -0.4 is 76.1 Å². The van der Waals surface area contributed by atoms with Crippen LogP contribution in [0.1, 0.15) is 130 Å². The van der Waals surface area contributed by atoms with E-state index in [0.717, 1.165) is 9.80 Å². The number of benzene rings is 2. The lowest BCUT2D eigenvalue weighted by molar-refractivity contribution is -0.162. The Morgan fingerprint density at radius 1 is 0.559 bits per heavy atom. The van der Waals surface area contributed by atoms with E-state index in [2.05, 4.69) is 47.5 Å². The number of ether oxygens (including phenoxy) is 1. The number of hydrogen-bond donors (Lipinski definition) is 19. The van der Waals surface area contributed by atoms with Crippen molar-refractivity contribution in [3.63, 3.8) is 0 Å². The van der Waals surface area contributed by atoms with E-state index in [1.807, 2.05) is 24.5 Å². The van der Waals surface area contributed by atoms with E-state index in [-0.39, 0.29) is 76.3 Å². The van der Waals surface area contributed by atoms with Gasteiger partial charge in [-0.2, -0.15) is 0 Å². The molecule has 0 bridgehead atoms. The molecule has 2 aromatic carbocycles. The molecule has 38 heteroatoms. The molecule has 4 rings (SSSR count). The predicted octanol–water partition coefficient (Wildman–Crippen LogP) is -5.02. The van der Waals surface area contributed by atoms with Crippen molar-refractivity contribution in [3.05, 3.63) is 71.9 Å². The molecule has 23 N–H and O–H groups in total. The molecular weight excluding hydrogens is 1450 g/mol. The quantitative estimate of drug-likeness (QED) is 0.0335. The number of aliphatic hydroxyl groups is 3. The monoisotopic (exact) mass is 1560 g/mol. The minimum absolute atomic E-state index is 0.0136. The van der Waals surface area contributed by atoms with E-state index in [9.17, 15) is 92.3 Å². The van der Waals surface area contributed by atoms with Gasteiger partial charge in [0.1, 0.15) is 72.6 Å². The molecule has 38 nitrogen and oxygen atoms in total. The summed E-state index contributed by atoms with van der Waals surface area (Å²) in [5.74, 6) is -19.9. The molecule has 1 saturated heterocycles. The second kappa shape index (κ2) is 46.1. The lowest BCUT2D eigenvalue weighted by atomic mass is 9.99. The SMILES string of the molecule is CC(C)CCC[C@H]1CC(=O)N[C@H](CO)C(=O)N[C@@H]([C@H](O)C(N)=O)C(=O)N[C@H](CO)C(=O)NCC(=O)N(C)[C@H](Cc2ccccc2)C(=O)N[C@@H](CC(C)C)C(=O)N[C@H](CCCN)C(=O)N[C@@H](CCC(=O)O)C(=O)N[C@@H](CC(N)=O)C(=O)N[C@@H](Cc2c[nH]c3ccccc23)C(=O)N[C@@H](CCCN)C(=O)N(C)[C@H](C(C)C)C(=O)O1.